The third-order valence-electron chi connectivity index (χ3n) is 3.72. The molecule has 0 saturated heterocycles. The van der Waals surface area contributed by atoms with Crippen LogP contribution in [0.2, 0.25) is 5.02 Å². The summed E-state index contributed by atoms with van der Waals surface area (Å²) in [5.74, 6) is -1.40. The van der Waals surface area contributed by atoms with E-state index in [1.165, 1.54) is 12.1 Å². The van der Waals surface area contributed by atoms with Crippen LogP contribution in [0, 0.1) is 5.82 Å². The first-order valence-corrected chi connectivity index (χ1v) is 8.45. The van der Waals surface area contributed by atoms with Crippen molar-refractivity contribution in [1.29, 1.82) is 0 Å². The summed E-state index contributed by atoms with van der Waals surface area (Å²) in [6, 6.07) is 10.9. The normalized spacial score (nSPS) is 10.7. The molecule has 2 amide bonds. The lowest BCUT2D eigenvalue weighted by molar-refractivity contribution is -0.116. The predicted octanol–water partition coefficient (Wildman–Crippen LogP) is 5.22. The Hall–Kier alpha value is -2.86. The molecule has 0 aliphatic heterocycles. The quantitative estimate of drug-likeness (QED) is 0.643. The third kappa shape index (κ3) is 3.70. The standard InChI is InChI=1S/C19H16ClFN2O3/c1-2-5-16(24)23-17-12-6-3-4-7-15(12)26-18(17)19(25)22-11-8-9-14(21)13(20)10-11/h3-4,6-10H,2,5H2,1H3,(H,22,25)(H,23,24). The van der Waals surface area contributed by atoms with Gasteiger partial charge in [0.1, 0.15) is 17.1 Å². The first-order valence-electron chi connectivity index (χ1n) is 8.07. The molecule has 26 heavy (non-hydrogen) atoms. The molecule has 0 aliphatic carbocycles. The zero-order chi connectivity index (χ0) is 18.7. The second kappa shape index (κ2) is 7.58. The van der Waals surface area contributed by atoms with Gasteiger partial charge in [-0.05, 0) is 36.8 Å². The minimum absolute atomic E-state index is 0.0314. The number of para-hydroxylation sites is 1. The van der Waals surface area contributed by atoms with E-state index in [0.717, 1.165) is 6.07 Å². The van der Waals surface area contributed by atoms with E-state index in [0.29, 0.717) is 35.2 Å². The Morgan fingerprint density at radius 2 is 1.92 bits per heavy atom. The summed E-state index contributed by atoms with van der Waals surface area (Å²) in [6.45, 7) is 1.89. The predicted molar refractivity (Wildman–Crippen MR) is 99.1 cm³/mol. The first kappa shape index (κ1) is 17.9. The molecule has 7 heteroatoms. The lowest BCUT2D eigenvalue weighted by Crippen LogP contribution is -2.16. The van der Waals surface area contributed by atoms with Crippen LogP contribution < -0.4 is 10.6 Å². The van der Waals surface area contributed by atoms with E-state index in [4.69, 9.17) is 16.0 Å². The van der Waals surface area contributed by atoms with Crippen LogP contribution in [0.4, 0.5) is 15.8 Å². The zero-order valence-corrected chi connectivity index (χ0v) is 14.7. The maximum absolute atomic E-state index is 13.3. The smallest absolute Gasteiger partial charge is 0.293 e. The molecule has 134 valence electrons. The number of hydrogen-bond donors (Lipinski definition) is 2. The van der Waals surface area contributed by atoms with Gasteiger partial charge in [-0.3, -0.25) is 9.59 Å². The number of amides is 2. The molecule has 1 heterocycles. The highest BCUT2D eigenvalue weighted by molar-refractivity contribution is 6.31. The molecule has 0 fully saturated rings. The van der Waals surface area contributed by atoms with Crippen molar-refractivity contribution in [2.45, 2.75) is 19.8 Å². The van der Waals surface area contributed by atoms with E-state index in [1.54, 1.807) is 24.3 Å². The summed E-state index contributed by atoms with van der Waals surface area (Å²) in [6.07, 6.45) is 1.01. The Labute approximate surface area is 154 Å². The van der Waals surface area contributed by atoms with Crippen molar-refractivity contribution < 1.29 is 18.4 Å². The van der Waals surface area contributed by atoms with Crippen LogP contribution >= 0.6 is 11.6 Å². The van der Waals surface area contributed by atoms with Crippen LogP contribution in [0.25, 0.3) is 11.0 Å². The number of carbonyl (C=O) groups is 2. The van der Waals surface area contributed by atoms with Gasteiger partial charge in [0.2, 0.25) is 11.7 Å². The van der Waals surface area contributed by atoms with Crippen molar-refractivity contribution in [2.75, 3.05) is 10.6 Å². The van der Waals surface area contributed by atoms with Crippen LogP contribution in [0.1, 0.15) is 30.3 Å². The molecule has 5 nitrogen and oxygen atoms in total. The Bertz CT molecular complexity index is 984. The summed E-state index contributed by atoms with van der Waals surface area (Å²) in [4.78, 5) is 24.7. The molecule has 0 radical (unpaired) electrons. The van der Waals surface area contributed by atoms with Crippen LogP contribution in [0.5, 0.6) is 0 Å². The Balaban J connectivity index is 1.95. The van der Waals surface area contributed by atoms with Gasteiger partial charge in [0.15, 0.2) is 0 Å². The van der Waals surface area contributed by atoms with E-state index in [-0.39, 0.29) is 16.7 Å². The van der Waals surface area contributed by atoms with E-state index in [2.05, 4.69) is 10.6 Å². The van der Waals surface area contributed by atoms with Crippen LogP contribution in [0.3, 0.4) is 0 Å². The van der Waals surface area contributed by atoms with Gasteiger partial charge in [-0.15, -0.1) is 0 Å². The second-order valence-corrected chi connectivity index (χ2v) is 6.09. The number of halogens is 2. The average Bonchev–Trinajstić information content (AvgIpc) is 2.97. The molecule has 0 bridgehead atoms. The molecule has 0 saturated carbocycles. The van der Waals surface area contributed by atoms with Crippen LogP contribution in [-0.4, -0.2) is 11.8 Å². The number of carbonyl (C=O) groups excluding carboxylic acids is 2. The largest absolute Gasteiger partial charge is 0.449 e. The number of benzene rings is 2. The molecular weight excluding hydrogens is 359 g/mol. The van der Waals surface area contributed by atoms with Gasteiger partial charge in [-0.2, -0.15) is 0 Å². The summed E-state index contributed by atoms with van der Waals surface area (Å²) in [7, 11) is 0. The van der Waals surface area contributed by atoms with Gasteiger partial charge in [-0.25, -0.2) is 4.39 Å². The van der Waals surface area contributed by atoms with Crippen molar-refractivity contribution in [1.82, 2.24) is 0 Å². The van der Waals surface area contributed by atoms with Crippen LogP contribution in [-0.2, 0) is 4.79 Å². The second-order valence-electron chi connectivity index (χ2n) is 5.68. The maximum atomic E-state index is 13.3. The average molecular weight is 375 g/mol. The minimum atomic E-state index is -0.582. The molecule has 3 rings (SSSR count). The molecule has 0 aliphatic rings. The van der Waals surface area contributed by atoms with E-state index in [9.17, 15) is 14.0 Å². The van der Waals surface area contributed by atoms with Crippen molar-refractivity contribution in [3.05, 3.63) is 59.1 Å². The van der Waals surface area contributed by atoms with Crippen molar-refractivity contribution in [3.63, 3.8) is 0 Å². The highest BCUT2D eigenvalue weighted by Crippen LogP contribution is 2.32. The van der Waals surface area contributed by atoms with Gasteiger partial charge in [0.05, 0.1) is 5.02 Å². The van der Waals surface area contributed by atoms with Crippen LogP contribution in [0.15, 0.2) is 46.9 Å². The molecule has 0 atom stereocenters. The number of anilines is 2. The summed E-state index contributed by atoms with van der Waals surface area (Å²) in [5, 5.41) is 5.86. The molecule has 2 N–H and O–H groups in total. The number of furan rings is 1. The molecule has 2 aromatic carbocycles. The van der Waals surface area contributed by atoms with Gasteiger partial charge >= 0.3 is 0 Å². The van der Waals surface area contributed by atoms with Crippen molar-refractivity contribution in [2.24, 2.45) is 0 Å². The fraction of sp³-hybridized carbons (Fsp3) is 0.158. The summed E-state index contributed by atoms with van der Waals surface area (Å²) < 4.78 is 18.9. The zero-order valence-electron chi connectivity index (χ0n) is 13.9. The number of hydrogen-bond acceptors (Lipinski definition) is 3. The van der Waals surface area contributed by atoms with Gasteiger partial charge in [0.25, 0.3) is 5.91 Å². The van der Waals surface area contributed by atoms with E-state index < -0.39 is 11.7 Å². The molecule has 3 aromatic rings. The van der Waals surface area contributed by atoms with Gasteiger partial charge in [0, 0.05) is 17.5 Å². The molecule has 0 unspecified atom stereocenters. The number of fused-ring (bicyclic) bond motifs is 1. The monoisotopic (exact) mass is 374 g/mol. The Kier molecular flexibility index (Phi) is 5.23. The summed E-state index contributed by atoms with van der Waals surface area (Å²) >= 11 is 5.74. The van der Waals surface area contributed by atoms with Gasteiger partial charge in [-0.1, -0.05) is 30.7 Å². The molecular formula is C19H16ClFN2O3. The number of rotatable bonds is 5. The topological polar surface area (TPSA) is 71.3 Å². The SMILES string of the molecule is CCCC(=O)Nc1c(C(=O)Nc2ccc(F)c(Cl)c2)oc2ccccc12. The minimum Gasteiger partial charge on any atom is -0.449 e. The third-order valence-corrected chi connectivity index (χ3v) is 4.01. The molecule has 1 aromatic heterocycles. The number of nitrogens with one attached hydrogen (secondary N) is 2. The Morgan fingerprint density at radius 3 is 2.65 bits per heavy atom. The Morgan fingerprint density at radius 1 is 1.15 bits per heavy atom. The highest BCUT2D eigenvalue weighted by Gasteiger charge is 2.22. The van der Waals surface area contributed by atoms with Gasteiger partial charge < -0.3 is 15.1 Å². The lowest BCUT2D eigenvalue weighted by atomic mass is 10.2. The van der Waals surface area contributed by atoms with E-state index >= 15 is 0 Å². The summed E-state index contributed by atoms with van der Waals surface area (Å²) in [5.41, 5.74) is 1.10. The maximum Gasteiger partial charge on any atom is 0.293 e. The fourth-order valence-electron chi connectivity index (χ4n) is 2.52. The van der Waals surface area contributed by atoms with Crippen molar-refractivity contribution >= 4 is 45.8 Å². The fourth-order valence-corrected chi connectivity index (χ4v) is 2.70. The van der Waals surface area contributed by atoms with Crippen molar-refractivity contribution in [3.8, 4) is 0 Å². The van der Waals surface area contributed by atoms with E-state index in [1.807, 2.05) is 6.92 Å². The first-order chi connectivity index (χ1) is 12.5. The highest BCUT2D eigenvalue weighted by atomic mass is 35.5. The lowest BCUT2D eigenvalue weighted by Gasteiger charge is -2.07. The molecule has 0 spiro atoms.